The first-order valence-electron chi connectivity index (χ1n) is 10.8. The van der Waals surface area contributed by atoms with Crippen LogP contribution in [0.25, 0.3) is 0 Å². The highest BCUT2D eigenvalue weighted by atomic mass is 35.5. The van der Waals surface area contributed by atoms with E-state index in [0.29, 0.717) is 50.2 Å². The molecule has 0 bridgehead atoms. The van der Waals surface area contributed by atoms with Gasteiger partial charge in [0.1, 0.15) is 0 Å². The van der Waals surface area contributed by atoms with Gasteiger partial charge in [-0.05, 0) is 36.4 Å². The lowest BCUT2D eigenvalue weighted by Gasteiger charge is -2.30. The molecule has 0 spiro atoms. The number of anilines is 3. The van der Waals surface area contributed by atoms with Crippen LogP contribution in [0, 0.1) is 0 Å². The van der Waals surface area contributed by atoms with Crippen molar-refractivity contribution in [3.63, 3.8) is 0 Å². The standard InChI is InChI=1S/C22H27ClN4O5S/c23-17-4-5-21(26-6-10-31-11-7-26)20(14-17)24-16-22(28)25-18-2-1-3-19(15-18)33(29,30)27-8-12-32-13-9-27/h1-5,14-15,24H,6-13,16H2,(H,25,28). The van der Waals surface area contributed by atoms with Gasteiger partial charge in [-0.3, -0.25) is 4.79 Å². The number of ether oxygens (including phenoxy) is 2. The van der Waals surface area contributed by atoms with Gasteiger partial charge in [-0.15, -0.1) is 0 Å². The Balaban J connectivity index is 1.41. The second-order valence-electron chi connectivity index (χ2n) is 7.71. The monoisotopic (exact) mass is 494 g/mol. The summed E-state index contributed by atoms with van der Waals surface area (Å²) in [5.74, 6) is -0.302. The van der Waals surface area contributed by atoms with Gasteiger partial charge in [0.15, 0.2) is 0 Å². The molecular weight excluding hydrogens is 468 g/mol. The van der Waals surface area contributed by atoms with E-state index in [0.717, 1.165) is 24.5 Å². The molecular formula is C22H27ClN4O5S. The Morgan fingerprint density at radius 1 is 0.970 bits per heavy atom. The fourth-order valence-corrected chi connectivity index (χ4v) is 5.41. The van der Waals surface area contributed by atoms with E-state index in [1.807, 2.05) is 12.1 Å². The van der Waals surface area contributed by atoms with Gasteiger partial charge in [0.25, 0.3) is 0 Å². The summed E-state index contributed by atoms with van der Waals surface area (Å²) in [6.45, 7) is 4.17. The van der Waals surface area contributed by atoms with E-state index < -0.39 is 10.0 Å². The number of nitrogens with one attached hydrogen (secondary N) is 2. The van der Waals surface area contributed by atoms with Gasteiger partial charge in [0, 0.05) is 36.9 Å². The van der Waals surface area contributed by atoms with Gasteiger partial charge in [-0.25, -0.2) is 8.42 Å². The minimum Gasteiger partial charge on any atom is -0.379 e. The molecule has 9 nitrogen and oxygen atoms in total. The number of morpholine rings is 2. The molecule has 2 saturated heterocycles. The van der Waals surface area contributed by atoms with E-state index >= 15 is 0 Å². The average molecular weight is 495 g/mol. The maximum absolute atomic E-state index is 12.9. The second kappa shape index (κ2) is 10.7. The smallest absolute Gasteiger partial charge is 0.243 e. The summed E-state index contributed by atoms with van der Waals surface area (Å²) in [6.07, 6.45) is 0. The van der Waals surface area contributed by atoms with E-state index in [4.69, 9.17) is 21.1 Å². The Hall–Kier alpha value is -2.37. The molecule has 4 rings (SSSR count). The SMILES string of the molecule is O=C(CNc1cc(Cl)ccc1N1CCOCC1)Nc1cccc(S(=O)(=O)N2CCOCC2)c1. The van der Waals surface area contributed by atoms with Crippen LogP contribution in [-0.4, -0.2) is 77.8 Å². The molecule has 178 valence electrons. The first-order chi connectivity index (χ1) is 15.9. The van der Waals surface area contributed by atoms with E-state index in [-0.39, 0.29) is 17.3 Å². The summed E-state index contributed by atoms with van der Waals surface area (Å²) in [4.78, 5) is 14.9. The van der Waals surface area contributed by atoms with Crippen molar-refractivity contribution in [3.8, 4) is 0 Å². The average Bonchev–Trinajstić information content (AvgIpc) is 2.84. The lowest BCUT2D eigenvalue weighted by Crippen LogP contribution is -2.40. The normalized spacial score (nSPS) is 17.5. The van der Waals surface area contributed by atoms with Crippen molar-refractivity contribution in [1.29, 1.82) is 0 Å². The highest BCUT2D eigenvalue weighted by Crippen LogP contribution is 2.30. The van der Waals surface area contributed by atoms with E-state index in [1.165, 1.54) is 16.4 Å². The number of amides is 1. The zero-order valence-electron chi connectivity index (χ0n) is 18.1. The fourth-order valence-electron chi connectivity index (χ4n) is 3.78. The largest absolute Gasteiger partial charge is 0.379 e. The first-order valence-corrected chi connectivity index (χ1v) is 12.6. The third-order valence-corrected chi connectivity index (χ3v) is 7.61. The van der Waals surface area contributed by atoms with Gasteiger partial charge in [0.05, 0.1) is 49.2 Å². The third kappa shape index (κ3) is 5.96. The van der Waals surface area contributed by atoms with Crippen LogP contribution >= 0.6 is 11.6 Å². The van der Waals surface area contributed by atoms with Crippen molar-refractivity contribution in [3.05, 3.63) is 47.5 Å². The van der Waals surface area contributed by atoms with Gasteiger partial charge < -0.3 is 25.0 Å². The molecule has 1 amide bonds. The minimum absolute atomic E-state index is 0.00186. The lowest BCUT2D eigenvalue weighted by atomic mass is 10.2. The molecule has 2 aliphatic rings. The Labute approximate surface area is 198 Å². The first kappa shape index (κ1) is 23.8. The zero-order chi connectivity index (χ0) is 23.3. The Morgan fingerprint density at radius 2 is 1.67 bits per heavy atom. The van der Waals surface area contributed by atoms with Crippen LogP contribution < -0.4 is 15.5 Å². The van der Waals surface area contributed by atoms with E-state index in [2.05, 4.69) is 15.5 Å². The number of halogens is 1. The molecule has 0 atom stereocenters. The summed E-state index contributed by atoms with van der Waals surface area (Å²) < 4.78 is 37.8. The molecule has 33 heavy (non-hydrogen) atoms. The molecule has 0 aromatic heterocycles. The Morgan fingerprint density at radius 3 is 2.39 bits per heavy atom. The number of hydrogen-bond donors (Lipinski definition) is 2. The molecule has 2 aliphatic heterocycles. The van der Waals surface area contributed by atoms with Gasteiger partial charge >= 0.3 is 0 Å². The van der Waals surface area contributed by atoms with Crippen molar-refractivity contribution in [1.82, 2.24) is 4.31 Å². The number of rotatable bonds is 7. The van der Waals surface area contributed by atoms with Crippen molar-refractivity contribution in [2.75, 3.05) is 74.7 Å². The molecule has 2 N–H and O–H groups in total. The van der Waals surface area contributed by atoms with Crippen LogP contribution in [0.4, 0.5) is 17.1 Å². The van der Waals surface area contributed by atoms with E-state index in [9.17, 15) is 13.2 Å². The van der Waals surface area contributed by atoms with Crippen LogP contribution in [0.1, 0.15) is 0 Å². The summed E-state index contributed by atoms with van der Waals surface area (Å²) in [7, 11) is -3.64. The Bertz CT molecular complexity index is 1090. The van der Waals surface area contributed by atoms with Crippen LogP contribution in [0.5, 0.6) is 0 Å². The van der Waals surface area contributed by atoms with Crippen LogP contribution in [-0.2, 0) is 24.3 Å². The van der Waals surface area contributed by atoms with Crippen LogP contribution in [0.3, 0.4) is 0 Å². The fraction of sp³-hybridized carbons (Fsp3) is 0.409. The van der Waals surface area contributed by atoms with Gasteiger partial charge in [-0.2, -0.15) is 4.31 Å². The highest BCUT2D eigenvalue weighted by molar-refractivity contribution is 7.89. The summed E-state index contributed by atoms with van der Waals surface area (Å²) in [6, 6.07) is 11.8. The van der Waals surface area contributed by atoms with Crippen molar-refractivity contribution >= 4 is 44.6 Å². The predicted molar refractivity (Wildman–Crippen MR) is 128 cm³/mol. The minimum atomic E-state index is -3.64. The summed E-state index contributed by atoms with van der Waals surface area (Å²) in [5.41, 5.74) is 2.12. The molecule has 0 saturated carbocycles. The number of hydrogen-bond acceptors (Lipinski definition) is 7. The van der Waals surface area contributed by atoms with Crippen LogP contribution in [0.2, 0.25) is 5.02 Å². The third-order valence-electron chi connectivity index (χ3n) is 5.48. The quantitative estimate of drug-likeness (QED) is 0.609. The molecule has 0 radical (unpaired) electrons. The van der Waals surface area contributed by atoms with Crippen LogP contribution in [0.15, 0.2) is 47.4 Å². The maximum Gasteiger partial charge on any atom is 0.243 e. The molecule has 2 aromatic carbocycles. The number of carbonyl (C=O) groups is 1. The molecule has 2 heterocycles. The number of sulfonamides is 1. The summed E-state index contributed by atoms with van der Waals surface area (Å²) >= 11 is 6.17. The highest BCUT2D eigenvalue weighted by Gasteiger charge is 2.26. The Kier molecular flexibility index (Phi) is 7.71. The molecule has 0 aliphatic carbocycles. The molecule has 2 aromatic rings. The summed E-state index contributed by atoms with van der Waals surface area (Å²) in [5, 5.41) is 6.48. The van der Waals surface area contributed by atoms with Gasteiger partial charge in [-0.1, -0.05) is 17.7 Å². The molecule has 11 heteroatoms. The predicted octanol–water partition coefficient (Wildman–Crippen LogP) is 2.25. The maximum atomic E-state index is 12.9. The van der Waals surface area contributed by atoms with Crippen molar-refractivity contribution in [2.24, 2.45) is 0 Å². The van der Waals surface area contributed by atoms with Gasteiger partial charge in [0.2, 0.25) is 15.9 Å². The lowest BCUT2D eigenvalue weighted by molar-refractivity contribution is -0.114. The number of nitrogens with zero attached hydrogens (tertiary/aromatic N) is 2. The van der Waals surface area contributed by atoms with E-state index in [1.54, 1.807) is 18.2 Å². The topological polar surface area (TPSA) is 100 Å². The number of benzene rings is 2. The zero-order valence-corrected chi connectivity index (χ0v) is 19.7. The van der Waals surface area contributed by atoms with Crippen molar-refractivity contribution < 1.29 is 22.7 Å². The number of carbonyl (C=O) groups excluding carboxylic acids is 1. The molecule has 0 unspecified atom stereocenters. The molecule has 2 fully saturated rings. The van der Waals surface area contributed by atoms with Crippen molar-refractivity contribution in [2.45, 2.75) is 4.90 Å². The second-order valence-corrected chi connectivity index (χ2v) is 10.1.